The van der Waals surface area contributed by atoms with Crippen molar-refractivity contribution in [1.82, 2.24) is 0 Å². The van der Waals surface area contributed by atoms with E-state index >= 15 is 0 Å². The molecule has 0 atom stereocenters. The van der Waals surface area contributed by atoms with Gasteiger partial charge < -0.3 is 20.4 Å². The molecule has 0 fully saturated rings. The van der Waals surface area contributed by atoms with Crippen molar-refractivity contribution >= 4 is 23.9 Å². The van der Waals surface area contributed by atoms with E-state index in [1.165, 1.54) is 283 Å². The molecule has 0 heterocycles. The van der Waals surface area contributed by atoms with Crippen molar-refractivity contribution < 1.29 is 73.7 Å². The van der Waals surface area contributed by atoms with Crippen molar-refractivity contribution in [1.29, 1.82) is 0 Å². The maximum absolute atomic E-state index is 10.3. The van der Waals surface area contributed by atoms with Crippen LogP contribution in [0.5, 0.6) is 0 Å². The predicted molar refractivity (Wildman–Crippen MR) is 312 cm³/mol. The average molecular weight is 1150 g/mol. The molecule has 0 aliphatic rings. The van der Waals surface area contributed by atoms with Crippen LogP contribution in [0, 0.1) is 0 Å². The standard InChI is InChI=1S/4C16H32O2.2Cu/c4*1-2-3-4-5-6-7-8-9-10-11-12-13-14-15-16(17)18;;/h4*2-15H2,1H3,(H,17,18);;. The Hall–Kier alpha value is -1.08. The molecule has 10 heteroatoms. The zero-order valence-electron chi connectivity index (χ0n) is 49.6. The van der Waals surface area contributed by atoms with Crippen LogP contribution in [0.2, 0.25) is 0 Å². The van der Waals surface area contributed by atoms with Crippen molar-refractivity contribution in [2.75, 3.05) is 0 Å². The van der Waals surface area contributed by atoms with E-state index in [4.69, 9.17) is 20.4 Å². The van der Waals surface area contributed by atoms with Crippen LogP contribution in [0.1, 0.15) is 387 Å². The summed E-state index contributed by atoms with van der Waals surface area (Å²) in [7, 11) is 0. The van der Waals surface area contributed by atoms with E-state index < -0.39 is 23.9 Å². The van der Waals surface area contributed by atoms with Gasteiger partial charge in [0.25, 0.3) is 0 Å². The molecule has 0 amide bonds. The number of hydrogen-bond donors (Lipinski definition) is 4. The van der Waals surface area contributed by atoms with Crippen LogP contribution in [-0.2, 0) is 53.3 Å². The average Bonchev–Trinajstić information content (AvgIpc) is 3.35. The van der Waals surface area contributed by atoms with Crippen molar-refractivity contribution in [3.05, 3.63) is 0 Å². The summed E-state index contributed by atoms with van der Waals surface area (Å²) in [5, 5.41) is 34.0. The molecule has 0 aromatic heterocycles. The van der Waals surface area contributed by atoms with E-state index in [0.29, 0.717) is 25.7 Å². The monoisotopic (exact) mass is 1150 g/mol. The Morgan fingerprint density at radius 1 is 0.176 bits per heavy atom. The zero-order valence-corrected chi connectivity index (χ0v) is 51.5. The number of rotatable bonds is 56. The van der Waals surface area contributed by atoms with Crippen LogP contribution < -0.4 is 0 Å². The van der Waals surface area contributed by atoms with Gasteiger partial charge >= 0.3 is 23.9 Å². The molecule has 0 rings (SSSR count). The number of carbonyl (C=O) groups is 4. The molecule has 4 N–H and O–H groups in total. The van der Waals surface area contributed by atoms with Crippen LogP contribution in [0.3, 0.4) is 0 Å². The first-order valence-electron chi connectivity index (χ1n) is 32.0. The normalized spacial score (nSPS) is 10.4. The third-order valence-electron chi connectivity index (χ3n) is 14.0. The van der Waals surface area contributed by atoms with Crippen molar-refractivity contribution in [3.8, 4) is 0 Å². The first-order valence-corrected chi connectivity index (χ1v) is 32.0. The van der Waals surface area contributed by atoms with Crippen LogP contribution in [0.4, 0.5) is 0 Å². The van der Waals surface area contributed by atoms with E-state index in [1.54, 1.807) is 0 Å². The third-order valence-corrected chi connectivity index (χ3v) is 14.0. The van der Waals surface area contributed by atoms with Gasteiger partial charge in [0.15, 0.2) is 0 Å². The molecule has 454 valence electrons. The summed E-state index contributed by atoms with van der Waals surface area (Å²) < 4.78 is 0. The molecule has 8 nitrogen and oxygen atoms in total. The van der Waals surface area contributed by atoms with Crippen molar-refractivity contribution in [3.63, 3.8) is 0 Å². The molecule has 0 saturated carbocycles. The Kier molecular flexibility index (Phi) is 91.9. The summed E-state index contributed by atoms with van der Waals surface area (Å²) in [6, 6.07) is 0. The van der Waals surface area contributed by atoms with Gasteiger partial charge in [-0.05, 0) is 25.7 Å². The zero-order chi connectivity index (χ0) is 53.9. The Labute approximate surface area is 482 Å². The summed E-state index contributed by atoms with van der Waals surface area (Å²) in [5.41, 5.74) is 0. The summed E-state index contributed by atoms with van der Waals surface area (Å²) in [6.07, 6.45) is 69.1. The fourth-order valence-electron chi connectivity index (χ4n) is 9.18. The Bertz CT molecular complexity index is 885. The molecular weight excluding hydrogens is 1020 g/mol. The minimum Gasteiger partial charge on any atom is -0.481 e. The van der Waals surface area contributed by atoms with Gasteiger partial charge in [-0.15, -0.1) is 0 Å². The van der Waals surface area contributed by atoms with Gasteiger partial charge in [-0.2, -0.15) is 0 Å². The smallest absolute Gasteiger partial charge is 0.303 e. The minimum absolute atomic E-state index is 0. The quantitative estimate of drug-likeness (QED) is 0.0347. The van der Waals surface area contributed by atoms with Crippen molar-refractivity contribution in [2.24, 2.45) is 0 Å². The molecule has 0 aliphatic carbocycles. The van der Waals surface area contributed by atoms with Gasteiger partial charge in [0.2, 0.25) is 0 Å². The molecular formula is C64H128Cu2O8. The van der Waals surface area contributed by atoms with Crippen LogP contribution >= 0.6 is 0 Å². The van der Waals surface area contributed by atoms with Crippen LogP contribution in [0.15, 0.2) is 0 Å². The Morgan fingerprint density at radius 3 is 0.338 bits per heavy atom. The van der Waals surface area contributed by atoms with Gasteiger partial charge in [0.1, 0.15) is 0 Å². The maximum atomic E-state index is 10.3. The predicted octanol–water partition coefficient (Wildman–Crippen LogP) is 22.2. The van der Waals surface area contributed by atoms with Gasteiger partial charge in [-0.3, -0.25) is 19.2 Å². The van der Waals surface area contributed by atoms with Gasteiger partial charge in [0, 0.05) is 59.8 Å². The van der Waals surface area contributed by atoms with E-state index in [1.807, 2.05) is 0 Å². The molecule has 0 bridgehead atoms. The van der Waals surface area contributed by atoms with Gasteiger partial charge in [0.05, 0.1) is 0 Å². The fourth-order valence-corrected chi connectivity index (χ4v) is 9.18. The van der Waals surface area contributed by atoms with Gasteiger partial charge in [-0.25, -0.2) is 0 Å². The fraction of sp³-hybridized carbons (Fsp3) is 0.938. The minimum atomic E-state index is -0.655. The molecule has 74 heavy (non-hydrogen) atoms. The van der Waals surface area contributed by atoms with E-state index in [2.05, 4.69) is 27.7 Å². The second-order valence-electron chi connectivity index (χ2n) is 21.5. The summed E-state index contributed by atoms with van der Waals surface area (Å²) in [5.74, 6) is -2.62. The molecule has 0 unspecified atom stereocenters. The SMILES string of the molecule is CCCCCCCCCCCCCCCC(=O)O.CCCCCCCCCCCCCCCC(=O)O.CCCCCCCCCCCCCCCC(=O)O.CCCCCCCCCCCCCCCC(=O)O.[Cu].[Cu]. The number of aliphatic carboxylic acids is 4. The summed E-state index contributed by atoms with van der Waals surface area (Å²) in [6.45, 7) is 9.04. The molecule has 0 saturated heterocycles. The topological polar surface area (TPSA) is 149 Å². The number of carboxylic acids is 4. The molecule has 0 aromatic rings. The van der Waals surface area contributed by atoms with Gasteiger partial charge in [-0.1, -0.05) is 336 Å². The van der Waals surface area contributed by atoms with E-state index in [-0.39, 0.29) is 34.1 Å². The number of hydrogen-bond acceptors (Lipinski definition) is 4. The Balaban J connectivity index is -0.000000206. The third kappa shape index (κ3) is 99.9. The molecule has 0 aliphatic heterocycles. The first kappa shape index (κ1) is 84.2. The Morgan fingerprint density at radius 2 is 0.257 bits per heavy atom. The number of carboxylic acid groups (broad SMARTS) is 4. The second-order valence-corrected chi connectivity index (χ2v) is 21.5. The first-order chi connectivity index (χ1) is 35.1. The van der Waals surface area contributed by atoms with Crippen molar-refractivity contribution in [2.45, 2.75) is 387 Å². The number of unbranched alkanes of at least 4 members (excludes halogenated alkanes) is 48. The summed E-state index contributed by atoms with van der Waals surface area (Å²) >= 11 is 0. The van der Waals surface area contributed by atoms with Crippen LogP contribution in [-0.4, -0.2) is 44.3 Å². The van der Waals surface area contributed by atoms with E-state index in [9.17, 15) is 19.2 Å². The maximum Gasteiger partial charge on any atom is 0.303 e. The molecule has 2 radical (unpaired) electrons. The second kappa shape index (κ2) is 80.8. The molecule has 0 aromatic carbocycles. The molecule has 0 spiro atoms. The largest absolute Gasteiger partial charge is 0.481 e. The van der Waals surface area contributed by atoms with E-state index in [0.717, 1.165) is 51.4 Å². The van der Waals surface area contributed by atoms with Crippen LogP contribution in [0.25, 0.3) is 0 Å². The summed E-state index contributed by atoms with van der Waals surface area (Å²) in [4.78, 5) is 41.2.